The number of likely N-dealkylation sites (tertiary alicyclic amines) is 1. The van der Waals surface area contributed by atoms with Crippen LogP contribution >= 0.6 is 0 Å². The van der Waals surface area contributed by atoms with Gasteiger partial charge in [-0.05, 0) is 45.6 Å². The van der Waals surface area contributed by atoms with E-state index < -0.39 is 23.4 Å². The minimum absolute atomic E-state index is 0.143. The Morgan fingerprint density at radius 3 is 2.00 bits per heavy atom. The third kappa shape index (κ3) is 7.49. The summed E-state index contributed by atoms with van der Waals surface area (Å²) in [4.78, 5) is 26.5. The number of ether oxygens (including phenoxy) is 2. The molecule has 0 atom stereocenters. The van der Waals surface area contributed by atoms with Gasteiger partial charge in [-0.15, -0.1) is 0 Å². The van der Waals surface area contributed by atoms with Crippen LogP contribution in [-0.2, 0) is 14.3 Å². The molecule has 0 spiro atoms. The highest BCUT2D eigenvalue weighted by atomic mass is 19.1. The summed E-state index contributed by atoms with van der Waals surface area (Å²) in [6.07, 6.45) is 1.00. The van der Waals surface area contributed by atoms with Crippen molar-refractivity contribution in [3.05, 3.63) is 35.9 Å². The Kier molecular flexibility index (Phi) is 10.8. The number of hydrogen-bond acceptors (Lipinski definition) is 4. The van der Waals surface area contributed by atoms with Gasteiger partial charge in [0.2, 0.25) is 0 Å². The van der Waals surface area contributed by atoms with Crippen molar-refractivity contribution in [3.63, 3.8) is 0 Å². The molecule has 0 unspecified atom stereocenters. The lowest BCUT2D eigenvalue weighted by Crippen LogP contribution is -2.43. The van der Waals surface area contributed by atoms with Crippen molar-refractivity contribution in [2.75, 3.05) is 20.2 Å². The maximum atomic E-state index is 14.0. The molecule has 5 nitrogen and oxygen atoms in total. The molecule has 0 aliphatic carbocycles. The zero-order valence-corrected chi connectivity index (χ0v) is 18.5. The van der Waals surface area contributed by atoms with Crippen molar-refractivity contribution in [3.8, 4) is 0 Å². The van der Waals surface area contributed by atoms with E-state index in [1.807, 2.05) is 20.8 Å². The highest BCUT2D eigenvalue weighted by Crippen LogP contribution is 2.30. The second-order valence-corrected chi connectivity index (χ2v) is 7.38. The molecule has 1 fully saturated rings. The highest BCUT2D eigenvalue weighted by molar-refractivity contribution is 6.01. The lowest BCUT2D eigenvalue weighted by atomic mass is 9.87. The van der Waals surface area contributed by atoms with Crippen LogP contribution in [0.5, 0.6) is 0 Å². The van der Waals surface area contributed by atoms with E-state index in [2.05, 4.69) is 13.2 Å². The van der Waals surface area contributed by atoms with E-state index in [4.69, 9.17) is 9.47 Å². The van der Waals surface area contributed by atoms with E-state index in [-0.39, 0.29) is 17.1 Å². The second-order valence-electron chi connectivity index (χ2n) is 7.38. The minimum Gasteiger partial charge on any atom is -0.496 e. The molecule has 1 aliphatic rings. The number of allylic oxidation sites excluding steroid dienone is 3. The van der Waals surface area contributed by atoms with Crippen molar-refractivity contribution in [1.29, 1.82) is 0 Å². The minimum atomic E-state index is -0.823. The van der Waals surface area contributed by atoms with Crippen LogP contribution in [0.25, 0.3) is 0 Å². The summed E-state index contributed by atoms with van der Waals surface area (Å²) in [6, 6.07) is 0. The van der Waals surface area contributed by atoms with Crippen LogP contribution in [0.4, 0.5) is 9.18 Å². The molecule has 0 N–H and O–H groups in total. The normalized spacial score (nSPS) is 15.6. The fraction of sp³-hybridized carbons (Fsp3) is 0.636. The Hall–Kier alpha value is -2.11. The maximum Gasteiger partial charge on any atom is 0.410 e. The largest absolute Gasteiger partial charge is 0.496 e. The molecular formula is C22H36FNO4. The third-order valence-electron chi connectivity index (χ3n) is 4.21. The molecule has 160 valence electrons. The smallest absolute Gasteiger partial charge is 0.410 e. The molecule has 1 aliphatic heterocycles. The monoisotopic (exact) mass is 397 g/mol. The molecule has 28 heavy (non-hydrogen) atoms. The topological polar surface area (TPSA) is 55.8 Å². The van der Waals surface area contributed by atoms with Crippen LogP contribution in [0.3, 0.4) is 0 Å². The van der Waals surface area contributed by atoms with Gasteiger partial charge >= 0.3 is 6.09 Å². The van der Waals surface area contributed by atoms with Gasteiger partial charge in [-0.3, -0.25) is 4.79 Å². The first-order valence-corrected chi connectivity index (χ1v) is 9.85. The fourth-order valence-corrected chi connectivity index (χ4v) is 2.81. The van der Waals surface area contributed by atoms with Crippen molar-refractivity contribution >= 4 is 11.9 Å². The van der Waals surface area contributed by atoms with Crippen LogP contribution in [0.15, 0.2) is 35.9 Å². The average Bonchev–Trinajstić information content (AvgIpc) is 2.65. The molecule has 0 aromatic heterocycles. The van der Waals surface area contributed by atoms with Gasteiger partial charge in [-0.1, -0.05) is 33.9 Å². The number of rotatable bonds is 6. The average molecular weight is 398 g/mol. The number of nitrogens with zero attached hydrogens (tertiary/aromatic N) is 1. The zero-order chi connectivity index (χ0) is 22.1. The van der Waals surface area contributed by atoms with Crippen LogP contribution in [0, 0.1) is 5.92 Å². The molecule has 1 rings (SSSR count). The first-order valence-electron chi connectivity index (χ1n) is 9.85. The summed E-state index contributed by atoms with van der Waals surface area (Å²) in [5.41, 5.74) is -0.171. The number of methoxy groups -OCH3 is 1. The Morgan fingerprint density at radius 2 is 1.64 bits per heavy atom. The van der Waals surface area contributed by atoms with Gasteiger partial charge in [0.1, 0.15) is 17.2 Å². The lowest BCUT2D eigenvalue weighted by molar-refractivity contribution is -0.120. The molecular weight excluding hydrogens is 361 g/mol. The number of carbonyl (C=O) groups is 2. The van der Waals surface area contributed by atoms with Crippen molar-refractivity contribution < 1.29 is 23.5 Å². The summed E-state index contributed by atoms with van der Waals surface area (Å²) < 4.78 is 24.6. The molecule has 1 heterocycles. The molecule has 1 amide bonds. The predicted molar refractivity (Wildman–Crippen MR) is 111 cm³/mol. The molecule has 0 bridgehead atoms. The summed E-state index contributed by atoms with van der Waals surface area (Å²) in [6.45, 7) is 19.1. The third-order valence-corrected chi connectivity index (χ3v) is 4.21. The van der Waals surface area contributed by atoms with Gasteiger partial charge < -0.3 is 14.4 Å². The molecule has 0 saturated carbocycles. The number of ketones is 1. The van der Waals surface area contributed by atoms with Gasteiger partial charge in [0, 0.05) is 19.0 Å². The van der Waals surface area contributed by atoms with E-state index in [1.54, 1.807) is 25.7 Å². The number of Topliss-reactive ketones (excluding diaryl/α,β-unsaturated/α-hetero) is 1. The Labute approximate surface area is 169 Å². The fourth-order valence-electron chi connectivity index (χ4n) is 2.81. The standard InChI is InChI=1S/C20H30FNO4.C2H6/c1-8-13(2)18(25-7)16(14(3)21)17(23)15-9-11-22(12-10-15)19(24)26-20(4,5)6;1-2/h15H,2-3,8-12H2,1,4-7H3;1-2H3/b18-16-;. The molecule has 1 saturated heterocycles. The summed E-state index contributed by atoms with van der Waals surface area (Å²) in [7, 11) is 1.39. The number of hydrogen-bond donors (Lipinski definition) is 0. The highest BCUT2D eigenvalue weighted by Gasteiger charge is 2.33. The van der Waals surface area contributed by atoms with Gasteiger partial charge in [0.05, 0.1) is 12.7 Å². The van der Waals surface area contributed by atoms with E-state index >= 15 is 0 Å². The van der Waals surface area contributed by atoms with Gasteiger partial charge in [-0.2, -0.15) is 0 Å². The zero-order valence-electron chi connectivity index (χ0n) is 18.5. The van der Waals surface area contributed by atoms with Crippen LogP contribution < -0.4 is 0 Å². The Bertz CT molecular complexity index is 609. The Morgan fingerprint density at radius 1 is 1.14 bits per heavy atom. The Balaban J connectivity index is 0.00000352. The van der Waals surface area contributed by atoms with E-state index in [0.717, 1.165) is 0 Å². The van der Waals surface area contributed by atoms with Crippen molar-refractivity contribution in [2.45, 2.75) is 66.4 Å². The summed E-state index contributed by atoms with van der Waals surface area (Å²) >= 11 is 0. The molecule has 0 aromatic carbocycles. The quantitative estimate of drug-likeness (QED) is 0.334. The maximum absolute atomic E-state index is 14.0. The van der Waals surface area contributed by atoms with E-state index in [1.165, 1.54) is 7.11 Å². The van der Waals surface area contributed by atoms with Crippen LogP contribution in [-0.4, -0.2) is 42.6 Å². The SMILES string of the molecule is C=C(CC)/C(OC)=C(\C(=C)F)C(=O)C1CCN(C(=O)OC(C)(C)C)CC1.CC. The van der Waals surface area contributed by atoms with Crippen molar-refractivity contribution in [2.24, 2.45) is 5.92 Å². The van der Waals surface area contributed by atoms with E-state index in [0.29, 0.717) is 37.9 Å². The van der Waals surface area contributed by atoms with E-state index in [9.17, 15) is 14.0 Å². The lowest BCUT2D eigenvalue weighted by Gasteiger charge is -2.33. The second kappa shape index (κ2) is 11.7. The molecule has 6 heteroatoms. The number of halogens is 1. The summed E-state index contributed by atoms with van der Waals surface area (Å²) in [5, 5.41) is 0. The van der Waals surface area contributed by atoms with Gasteiger partial charge in [0.15, 0.2) is 5.78 Å². The summed E-state index contributed by atoms with van der Waals surface area (Å²) in [5.74, 6) is -1.42. The van der Waals surface area contributed by atoms with Crippen LogP contribution in [0.2, 0.25) is 0 Å². The predicted octanol–water partition coefficient (Wildman–Crippen LogP) is 5.58. The number of carbonyl (C=O) groups excluding carboxylic acids is 2. The first-order chi connectivity index (χ1) is 13.0. The van der Waals surface area contributed by atoms with Crippen molar-refractivity contribution in [1.82, 2.24) is 4.90 Å². The number of piperidine rings is 1. The molecule has 0 radical (unpaired) electrons. The first kappa shape index (κ1) is 25.9. The molecule has 0 aromatic rings. The van der Waals surface area contributed by atoms with Gasteiger partial charge in [0.25, 0.3) is 0 Å². The van der Waals surface area contributed by atoms with Gasteiger partial charge in [-0.25, -0.2) is 9.18 Å². The number of amides is 1. The van der Waals surface area contributed by atoms with Crippen LogP contribution in [0.1, 0.15) is 60.8 Å².